The molecule has 11 atom stereocenters. The van der Waals surface area contributed by atoms with Crippen molar-refractivity contribution in [3.8, 4) is 5.75 Å². The summed E-state index contributed by atoms with van der Waals surface area (Å²) in [6.45, 7) is 3.24. The largest absolute Gasteiger partial charge is 0.508 e. The number of phenolic OH excluding ortho intramolecular Hbond substituents is 1. The van der Waals surface area contributed by atoms with Gasteiger partial charge < -0.3 is 132 Å². The van der Waals surface area contributed by atoms with Crippen LogP contribution in [0.4, 0.5) is 0 Å². The number of guanidine groups is 1. The zero-order chi connectivity index (χ0) is 89.8. The van der Waals surface area contributed by atoms with Crippen molar-refractivity contribution >= 4 is 130 Å². The number of carbonyl (C=O) groups excluding carboxylic acids is 16. The number of hydrogen-bond donors (Lipinski definition) is 26. The van der Waals surface area contributed by atoms with Gasteiger partial charge in [0.25, 0.3) is 0 Å². The first-order valence-electron chi connectivity index (χ1n) is 37.2. The van der Waals surface area contributed by atoms with Gasteiger partial charge >= 0.3 is 29.8 Å². The van der Waals surface area contributed by atoms with Crippen LogP contribution >= 0.6 is 0 Å². The number of benzene rings is 2. The van der Waals surface area contributed by atoms with Crippen molar-refractivity contribution in [2.24, 2.45) is 17.6 Å². The molecule has 2 rings (SSSR count). The lowest BCUT2D eigenvalue weighted by Gasteiger charge is -2.27. The Morgan fingerprint density at radius 2 is 0.782 bits per heavy atom. The summed E-state index contributed by atoms with van der Waals surface area (Å²) in [7, 11) is 0. The van der Waals surface area contributed by atoms with Crippen molar-refractivity contribution in [3.05, 3.63) is 65.7 Å². The molecular weight excluding hydrogens is 1580 g/mol. The van der Waals surface area contributed by atoms with Crippen molar-refractivity contribution in [1.29, 1.82) is 5.41 Å². The van der Waals surface area contributed by atoms with Gasteiger partial charge in [0.15, 0.2) is 5.96 Å². The number of amides is 16. The second kappa shape index (κ2) is 52.7. The van der Waals surface area contributed by atoms with Crippen LogP contribution in [0.1, 0.15) is 117 Å². The van der Waals surface area contributed by atoms with Gasteiger partial charge in [0.2, 0.25) is 94.5 Å². The van der Waals surface area contributed by atoms with Gasteiger partial charge in [-0.2, -0.15) is 0 Å². The second-order valence-electron chi connectivity index (χ2n) is 27.7. The lowest BCUT2D eigenvalue weighted by Crippen LogP contribution is -2.59. The highest BCUT2D eigenvalue weighted by Crippen LogP contribution is 2.14. The Bertz CT molecular complexity index is 3940. The van der Waals surface area contributed by atoms with Gasteiger partial charge in [-0.25, -0.2) is 4.79 Å². The lowest BCUT2D eigenvalue weighted by molar-refractivity contribution is -0.143. The minimum atomic E-state index is -2.04. The normalized spacial score (nSPS) is 13.6. The zero-order valence-electron chi connectivity index (χ0n) is 65.9. The molecule has 0 aliphatic carbocycles. The highest BCUT2D eigenvalue weighted by atomic mass is 16.4. The Balaban J connectivity index is 2.15. The van der Waals surface area contributed by atoms with Crippen LogP contribution < -0.4 is 96.1 Å². The molecule has 0 aliphatic rings. The number of aromatic hydroxyl groups is 1. The van der Waals surface area contributed by atoms with E-state index in [1.54, 1.807) is 58.0 Å². The maximum Gasteiger partial charge on any atom is 0.326 e. The van der Waals surface area contributed by atoms with E-state index in [1.165, 1.54) is 31.2 Å². The summed E-state index contributed by atoms with van der Waals surface area (Å²) >= 11 is 0. The molecule has 2 aromatic rings. The number of hydrogen-bond acceptors (Lipinski definition) is 24. The molecule has 0 aliphatic heterocycles. The van der Waals surface area contributed by atoms with E-state index in [1.807, 2.05) is 10.6 Å². The molecule has 0 radical (unpaired) electrons. The van der Waals surface area contributed by atoms with Crippen molar-refractivity contribution in [2.45, 2.75) is 185 Å². The number of aryl methyl sites for hydroxylation is 1. The molecule has 0 bridgehead atoms. The maximum atomic E-state index is 14.4. The summed E-state index contributed by atoms with van der Waals surface area (Å²) in [5.74, 6) is -26.1. The Kier molecular flexibility index (Phi) is 45.0. The van der Waals surface area contributed by atoms with Crippen LogP contribution in [0.25, 0.3) is 0 Å². The lowest BCUT2D eigenvalue weighted by atomic mass is 10.0. The predicted molar refractivity (Wildman–Crippen MR) is 411 cm³/mol. The molecule has 0 saturated carbocycles. The molecule has 27 N–H and O–H groups in total. The minimum Gasteiger partial charge on any atom is -0.508 e. The number of aliphatic hydroxyl groups excluding tert-OH is 1. The number of carboxylic acid groups (broad SMARTS) is 5. The number of carbonyl (C=O) groups is 21. The topological polar surface area (TPSA) is 754 Å². The third-order valence-electron chi connectivity index (χ3n) is 16.8. The van der Waals surface area contributed by atoms with E-state index in [4.69, 9.17) is 11.1 Å². The molecular formula is C72H105N19O28. The average molecular weight is 1680 g/mol. The molecule has 2 aromatic carbocycles. The molecule has 0 spiro atoms. The minimum absolute atomic E-state index is 0.00432. The second-order valence-corrected chi connectivity index (χ2v) is 27.7. The quantitative estimate of drug-likeness (QED) is 0.0166. The number of aliphatic hydroxyl groups is 1. The van der Waals surface area contributed by atoms with Gasteiger partial charge in [0.1, 0.15) is 72.2 Å². The highest BCUT2D eigenvalue weighted by molar-refractivity contribution is 6.01. The molecule has 47 heteroatoms. The first-order chi connectivity index (χ1) is 55.9. The first-order valence-corrected chi connectivity index (χ1v) is 37.2. The molecule has 0 aromatic heterocycles. The van der Waals surface area contributed by atoms with Crippen LogP contribution in [0, 0.1) is 17.2 Å². The van der Waals surface area contributed by atoms with Crippen molar-refractivity contribution in [2.75, 3.05) is 45.9 Å². The van der Waals surface area contributed by atoms with Gasteiger partial charge in [0, 0.05) is 32.2 Å². The van der Waals surface area contributed by atoms with Gasteiger partial charge in [0.05, 0.1) is 52.2 Å². The van der Waals surface area contributed by atoms with Crippen LogP contribution in [0.3, 0.4) is 0 Å². The third kappa shape index (κ3) is 42.0. The fraction of sp³-hybridized carbons (Fsp3) is 0.528. The molecule has 119 heavy (non-hydrogen) atoms. The fourth-order valence-corrected chi connectivity index (χ4v) is 10.5. The van der Waals surface area contributed by atoms with Gasteiger partial charge in [-0.05, 0) is 87.5 Å². The van der Waals surface area contributed by atoms with Gasteiger partial charge in [-0.3, -0.25) is 101 Å². The summed E-state index contributed by atoms with van der Waals surface area (Å²) in [6.07, 6.45) is -5.27. The van der Waals surface area contributed by atoms with Crippen LogP contribution in [0.15, 0.2) is 54.6 Å². The molecule has 47 nitrogen and oxygen atoms in total. The third-order valence-corrected chi connectivity index (χ3v) is 16.8. The summed E-state index contributed by atoms with van der Waals surface area (Å²) in [5.41, 5.74) is 6.28. The standard InChI is InChI=1S/C72H105N19O28/c1-35(2)25-45(66(113)82-38(6)62(109)85-43(20-23-57(102)103)64(111)78-30-52(96)76-29-51(95)77-31-55(99)91-60(36(3)4)70(117)86-44(71(118)119)13-10-24-75-72(73)74)88-67(114)46(26-40-11-8-7-9-12-40)89-68(115)47(27-58(104)105)84-54(98)33-79-63(110)42(19-22-56(100)101)83-53(97)32-80-65(112)49(34-92)90-69(116)48(28-59(106)107)87-61(108)37(5)81-50(94)21-16-39-14-17-41(93)18-15-39/h7-9,11-12,14-15,17-18,35-38,42-49,60,92-93H,10,13,16,19-34H2,1-6H3,(H,76,96)(H,77,95)(H,78,111)(H,79,110)(H,80,112)(H,81,94)(H,82,113)(H,83,97)(H,84,98)(H,85,109)(H,86,117)(H,87,108)(H,88,114)(H,89,115)(H,90,116)(H,91,99)(H,100,101)(H,102,103)(H,104,105)(H,106,107)(H,118,119)(H4,73,74,75)/t37-,38-,42-,43-,44-,45-,46-,47-,48-,49-,60-/m0/s1. The molecule has 16 amide bonds. The van der Waals surface area contributed by atoms with Crippen LogP contribution in [0.2, 0.25) is 0 Å². The van der Waals surface area contributed by atoms with E-state index in [9.17, 15) is 136 Å². The van der Waals surface area contributed by atoms with Gasteiger partial charge in [-0.15, -0.1) is 0 Å². The smallest absolute Gasteiger partial charge is 0.326 e. The van der Waals surface area contributed by atoms with E-state index in [2.05, 4.69) is 79.8 Å². The van der Waals surface area contributed by atoms with Crippen LogP contribution in [-0.4, -0.2) is 278 Å². The van der Waals surface area contributed by atoms with E-state index in [0.29, 0.717) is 11.1 Å². The SMILES string of the molecule is CC(C)C[C@H](NC(=O)[C@H](Cc1ccccc1)NC(=O)[C@H](CC(=O)O)NC(=O)CNC(=O)[C@H](CCC(=O)O)NC(=O)CNC(=O)[C@H](CO)NC(=O)[C@H](CC(=O)O)NC(=O)[C@H](C)NC(=O)CCc1ccc(O)cc1)C(=O)N[C@@H](C)C(=O)N[C@@H](CCC(=O)O)C(=O)NCC(=O)NCC(=O)NCC(=O)N[C@H](C(=O)N[C@@H](CCCNC(=N)N)C(=O)O)C(C)C. The number of aliphatic carboxylic acids is 5. The van der Waals surface area contributed by atoms with Crippen molar-refractivity contribution in [1.82, 2.24) is 90.4 Å². The van der Waals surface area contributed by atoms with Crippen molar-refractivity contribution in [3.63, 3.8) is 0 Å². The molecule has 0 saturated heterocycles. The summed E-state index contributed by atoms with van der Waals surface area (Å²) < 4.78 is 0. The Labute approximate surface area is 680 Å². The first kappa shape index (κ1) is 101. The van der Waals surface area contributed by atoms with E-state index in [-0.39, 0.29) is 56.8 Å². The average Bonchev–Trinajstić information content (AvgIpc) is 0.859. The van der Waals surface area contributed by atoms with Crippen LogP contribution in [0.5, 0.6) is 5.75 Å². The van der Waals surface area contributed by atoms with Crippen molar-refractivity contribution < 1.29 is 136 Å². The monoisotopic (exact) mass is 1680 g/mol. The molecule has 656 valence electrons. The van der Waals surface area contributed by atoms with Gasteiger partial charge in [-0.1, -0.05) is 70.2 Å². The summed E-state index contributed by atoms with van der Waals surface area (Å²) in [6, 6.07) is -4.37. The maximum absolute atomic E-state index is 14.4. The number of nitrogens with two attached hydrogens (primary N) is 1. The van der Waals surface area contributed by atoms with E-state index < -0.39 is 281 Å². The zero-order valence-corrected chi connectivity index (χ0v) is 65.9. The van der Waals surface area contributed by atoms with E-state index in [0.717, 1.165) is 6.92 Å². The van der Waals surface area contributed by atoms with Crippen LogP contribution in [-0.2, 0) is 114 Å². The predicted octanol–water partition coefficient (Wildman–Crippen LogP) is -8.76. The molecule has 0 heterocycles. The summed E-state index contributed by atoms with van der Waals surface area (Å²) in [5, 5.41) is 113. The Hall–Kier alpha value is -13.7. The number of carboxylic acids is 5. The Morgan fingerprint density at radius 3 is 1.27 bits per heavy atom. The molecule has 0 fully saturated rings. The number of nitrogens with one attached hydrogen (secondary N) is 18. The highest BCUT2D eigenvalue weighted by Gasteiger charge is 2.36. The van der Waals surface area contributed by atoms with E-state index >= 15 is 0 Å². The number of phenols is 1. The summed E-state index contributed by atoms with van der Waals surface area (Å²) in [4.78, 5) is 272. The fourth-order valence-electron chi connectivity index (χ4n) is 10.5. The molecule has 0 unspecified atom stereocenters. The Morgan fingerprint density at radius 1 is 0.370 bits per heavy atom. The number of rotatable bonds is 55.